The highest BCUT2D eigenvalue weighted by Gasteiger charge is 2.13. The third-order valence-electron chi connectivity index (χ3n) is 3.57. The van der Waals surface area contributed by atoms with Crippen LogP contribution in [-0.4, -0.2) is 41.6 Å². The first-order chi connectivity index (χ1) is 13.0. The Bertz CT molecular complexity index is 565. The Morgan fingerprint density at radius 1 is 1.19 bits per heavy atom. The third kappa shape index (κ3) is 15.1. The highest BCUT2D eigenvalue weighted by molar-refractivity contribution is 7.09. The normalized spacial score (nSPS) is 15.3. The molecule has 150 valence electrons. The van der Waals surface area contributed by atoms with Crippen LogP contribution in [0.5, 0.6) is 0 Å². The molecule has 0 rings (SSSR count). The summed E-state index contributed by atoms with van der Waals surface area (Å²) in [5, 5.41) is 19.6. The minimum atomic E-state index is -0.966. The lowest BCUT2D eigenvalue weighted by atomic mass is 10.1. The number of carbonyl (C=O) groups is 1. The summed E-state index contributed by atoms with van der Waals surface area (Å²) >= 11 is 0. The minimum absolute atomic E-state index is 0.0799. The number of esters is 1. The van der Waals surface area contributed by atoms with Gasteiger partial charge in [-0.15, -0.1) is 0 Å². The van der Waals surface area contributed by atoms with Crippen LogP contribution >= 0.6 is 9.47 Å². The number of hydrogen-bond acceptors (Lipinski definition) is 5. The van der Waals surface area contributed by atoms with Crippen LogP contribution in [0.3, 0.4) is 0 Å². The summed E-state index contributed by atoms with van der Waals surface area (Å²) in [4.78, 5) is 11.0. The number of carbonyl (C=O) groups excluding carboxylic acids is 1. The van der Waals surface area contributed by atoms with Crippen LogP contribution in [0.15, 0.2) is 48.6 Å². The molecule has 0 spiro atoms. The van der Waals surface area contributed by atoms with Gasteiger partial charge in [-0.05, 0) is 31.4 Å². The van der Waals surface area contributed by atoms with Crippen molar-refractivity contribution >= 4 is 15.4 Å². The maximum absolute atomic E-state index is 11.0. The zero-order valence-electron chi connectivity index (χ0n) is 16.1. The molecule has 4 unspecified atom stereocenters. The van der Waals surface area contributed by atoms with Gasteiger partial charge in [0, 0.05) is 22.3 Å². The minimum Gasteiger partial charge on any atom is -0.469 e. The van der Waals surface area contributed by atoms with E-state index in [0.29, 0.717) is 19.3 Å². The van der Waals surface area contributed by atoms with Gasteiger partial charge in [-0.25, -0.2) is 0 Å². The number of allylic oxidation sites excluding steroid dienone is 6. The van der Waals surface area contributed by atoms with E-state index in [9.17, 15) is 15.0 Å². The second-order valence-corrected chi connectivity index (χ2v) is 5.96. The quantitative estimate of drug-likeness (QED) is 0.230. The number of aliphatic hydroxyl groups is 2. The van der Waals surface area contributed by atoms with Crippen LogP contribution in [0.2, 0.25) is 0 Å². The van der Waals surface area contributed by atoms with Crippen LogP contribution in [0.1, 0.15) is 39.0 Å². The van der Waals surface area contributed by atoms with E-state index in [-0.39, 0.29) is 18.5 Å². The van der Waals surface area contributed by atoms with Crippen molar-refractivity contribution in [1.82, 2.24) is 0 Å². The van der Waals surface area contributed by atoms with Crippen LogP contribution in [0.25, 0.3) is 0 Å². The molecule has 0 aliphatic rings. The van der Waals surface area contributed by atoms with Crippen molar-refractivity contribution in [3.63, 3.8) is 0 Å². The van der Waals surface area contributed by atoms with Crippen molar-refractivity contribution in [2.75, 3.05) is 7.11 Å². The predicted molar refractivity (Wildman–Crippen MR) is 112 cm³/mol. The van der Waals surface area contributed by atoms with Crippen molar-refractivity contribution in [2.45, 2.75) is 57.3 Å². The van der Waals surface area contributed by atoms with E-state index >= 15 is 0 Å². The molecule has 0 aromatic heterocycles. The van der Waals surface area contributed by atoms with Crippen LogP contribution in [-0.2, 0) is 14.1 Å². The maximum Gasteiger partial charge on any atom is 0.305 e. The van der Waals surface area contributed by atoms with Crippen molar-refractivity contribution < 1.29 is 24.3 Å². The molecule has 0 amide bonds. The second kappa shape index (κ2) is 17.7. The molecular formula is C21H31O5P. The molecule has 5 nitrogen and oxygen atoms in total. The van der Waals surface area contributed by atoms with Gasteiger partial charge in [0.2, 0.25) is 0 Å². The topological polar surface area (TPSA) is 76.0 Å². The van der Waals surface area contributed by atoms with Crippen molar-refractivity contribution in [3.05, 3.63) is 48.6 Å². The monoisotopic (exact) mass is 394 g/mol. The van der Waals surface area contributed by atoms with E-state index in [4.69, 9.17) is 4.52 Å². The Hall–Kier alpha value is -1.70. The van der Waals surface area contributed by atoms with Gasteiger partial charge < -0.3 is 19.5 Å². The van der Waals surface area contributed by atoms with Gasteiger partial charge in [-0.2, -0.15) is 0 Å². The fraction of sp³-hybridized carbons (Fsp3) is 0.476. The van der Waals surface area contributed by atoms with Gasteiger partial charge in [0.1, 0.15) is 0 Å². The van der Waals surface area contributed by atoms with E-state index in [1.54, 1.807) is 18.2 Å². The fourth-order valence-corrected chi connectivity index (χ4v) is 2.20. The summed E-state index contributed by atoms with van der Waals surface area (Å²) in [5.41, 5.74) is 0. The summed E-state index contributed by atoms with van der Waals surface area (Å²) in [6.07, 6.45) is 15.0. The Balaban J connectivity index is 4.03. The van der Waals surface area contributed by atoms with Crippen molar-refractivity contribution in [1.29, 1.82) is 0 Å². The lowest BCUT2D eigenvalue weighted by Gasteiger charge is -2.13. The SMILES string of the molecule is CCC(/C=C/C#CC\C=C/C=C/C=C/C(O)C(O)CCCC(=O)OC)OP. The standard InChI is InChI=1S/C21H31O5P/c1-3-18(26-27)14-11-9-7-5-4-6-8-10-12-15-19(22)20(23)16-13-17-21(24)25-2/h4,6,8,10-12,14-15,18-20,22-23H,3,5,13,16-17,27H2,1-2H3/b6-4-,10-8+,14-11+,15-12+. The van der Waals surface area contributed by atoms with E-state index < -0.39 is 12.2 Å². The molecule has 0 radical (unpaired) electrons. The Morgan fingerprint density at radius 3 is 2.59 bits per heavy atom. The van der Waals surface area contributed by atoms with Crippen LogP contribution in [0, 0.1) is 11.8 Å². The molecule has 27 heavy (non-hydrogen) atoms. The summed E-state index contributed by atoms with van der Waals surface area (Å²) in [6, 6.07) is 0. The van der Waals surface area contributed by atoms with E-state index in [1.165, 1.54) is 13.2 Å². The number of hydrogen-bond donors (Lipinski definition) is 2. The number of methoxy groups -OCH3 is 1. The van der Waals surface area contributed by atoms with Gasteiger partial charge in [-0.1, -0.05) is 55.2 Å². The smallest absolute Gasteiger partial charge is 0.305 e. The Kier molecular flexibility index (Phi) is 16.6. The van der Waals surface area contributed by atoms with Gasteiger partial charge >= 0.3 is 5.97 Å². The van der Waals surface area contributed by atoms with Crippen molar-refractivity contribution in [3.8, 4) is 11.8 Å². The summed E-state index contributed by atoms with van der Waals surface area (Å²) in [7, 11) is 3.58. The maximum atomic E-state index is 11.0. The summed E-state index contributed by atoms with van der Waals surface area (Å²) < 4.78 is 9.65. The van der Waals surface area contributed by atoms with Gasteiger partial charge in [0.05, 0.1) is 25.4 Å². The zero-order chi connectivity index (χ0) is 20.3. The van der Waals surface area contributed by atoms with E-state index in [2.05, 4.69) is 26.0 Å². The Morgan fingerprint density at radius 2 is 1.93 bits per heavy atom. The molecule has 2 N–H and O–H groups in total. The summed E-state index contributed by atoms with van der Waals surface area (Å²) in [6.45, 7) is 2.04. The zero-order valence-corrected chi connectivity index (χ0v) is 17.2. The van der Waals surface area contributed by atoms with E-state index in [0.717, 1.165) is 6.42 Å². The molecule has 0 saturated heterocycles. The molecule has 0 aliphatic heterocycles. The predicted octanol–water partition coefficient (Wildman–Crippen LogP) is 3.26. The molecule has 4 atom stereocenters. The van der Waals surface area contributed by atoms with Gasteiger partial charge in [0.15, 0.2) is 0 Å². The molecular weight excluding hydrogens is 363 g/mol. The first-order valence-corrected chi connectivity index (χ1v) is 9.45. The Labute approximate surface area is 165 Å². The average molecular weight is 394 g/mol. The molecule has 0 aromatic rings. The molecule has 6 heteroatoms. The summed E-state index contributed by atoms with van der Waals surface area (Å²) in [5.74, 6) is 5.63. The van der Waals surface area contributed by atoms with Gasteiger partial charge in [-0.3, -0.25) is 4.79 Å². The highest BCUT2D eigenvalue weighted by Crippen LogP contribution is 2.07. The average Bonchev–Trinajstić information content (AvgIpc) is 2.68. The second-order valence-electron chi connectivity index (χ2n) is 5.69. The first kappa shape index (κ1) is 25.3. The molecule has 0 heterocycles. The lowest BCUT2D eigenvalue weighted by molar-refractivity contribution is -0.140. The van der Waals surface area contributed by atoms with Crippen molar-refractivity contribution in [2.24, 2.45) is 0 Å². The molecule has 0 saturated carbocycles. The molecule has 0 aromatic carbocycles. The highest BCUT2D eigenvalue weighted by atomic mass is 31.0. The molecule has 0 fully saturated rings. The third-order valence-corrected chi connectivity index (χ3v) is 3.92. The first-order valence-electron chi connectivity index (χ1n) is 8.98. The largest absolute Gasteiger partial charge is 0.469 e. The number of ether oxygens (including phenoxy) is 1. The fourth-order valence-electron chi connectivity index (χ4n) is 1.92. The van der Waals surface area contributed by atoms with E-state index in [1.807, 2.05) is 31.2 Å². The molecule has 0 aliphatic carbocycles. The van der Waals surface area contributed by atoms with Gasteiger partial charge in [0.25, 0.3) is 0 Å². The molecule has 0 bridgehead atoms. The lowest BCUT2D eigenvalue weighted by Crippen LogP contribution is -2.23. The van der Waals surface area contributed by atoms with Crippen LogP contribution < -0.4 is 0 Å². The number of aliphatic hydroxyl groups excluding tert-OH is 2. The number of rotatable bonds is 12. The van der Waals surface area contributed by atoms with Crippen LogP contribution in [0.4, 0.5) is 0 Å².